The zero-order valence-electron chi connectivity index (χ0n) is 20.0. The van der Waals surface area contributed by atoms with Crippen molar-refractivity contribution in [1.29, 1.82) is 0 Å². The number of piperidine rings is 2. The smallest absolute Gasteiger partial charge is 0.319 e. The van der Waals surface area contributed by atoms with Crippen molar-refractivity contribution < 1.29 is 24.1 Å². The Balaban J connectivity index is 1.14. The van der Waals surface area contributed by atoms with Crippen LogP contribution in [0.15, 0.2) is 48.5 Å². The number of nitro benzene ring substituents is 2. The summed E-state index contributed by atoms with van der Waals surface area (Å²) in [7, 11) is 0. The summed E-state index contributed by atoms with van der Waals surface area (Å²) in [5, 5.41) is 21.5. The number of hydrogen-bond donors (Lipinski definition) is 0. The topological polar surface area (TPSA) is 128 Å². The van der Waals surface area contributed by atoms with E-state index in [0.717, 1.165) is 25.7 Å². The molecule has 0 bridgehead atoms. The maximum Gasteiger partial charge on any atom is 0.319 e. The van der Waals surface area contributed by atoms with E-state index in [2.05, 4.69) is 0 Å². The van der Waals surface area contributed by atoms with Crippen molar-refractivity contribution in [3.05, 3.63) is 68.8 Å². The Hall–Kier alpha value is -3.89. The lowest BCUT2D eigenvalue weighted by Crippen LogP contribution is -2.49. The predicted octanol–water partition coefficient (Wildman–Crippen LogP) is 4.50. The molecule has 0 unspecified atom stereocenters. The van der Waals surface area contributed by atoms with Gasteiger partial charge in [0.1, 0.15) is 11.5 Å². The second kappa shape index (κ2) is 11.7. The first kappa shape index (κ1) is 25.2. The molecule has 0 saturated carbocycles. The van der Waals surface area contributed by atoms with Crippen molar-refractivity contribution >= 4 is 17.4 Å². The van der Waals surface area contributed by atoms with Crippen LogP contribution in [0.25, 0.3) is 0 Å². The van der Waals surface area contributed by atoms with Gasteiger partial charge in [-0.3, -0.25) is 20.2 Å². The van der Waals surface area contributed by atoms with Crippen LogP contribution in [0.3, 0.4) is 0 Å². The van der Waals surface area contributed by atoms with Gasteiger partial charge in [0.2, 0.25) is 0 Å². The molecule has 2 fully saturated rings. The van der Waals surface area contributed by atoms with Crippen molar-refractivity contribution in [2.75, 3.05) is 39.4 Å². The minimum atomic E-state index is -0.436. The Morgan fingerprint density at radius 2 is 1.03 bits per heavy atom. The molecule has 11 nitrogen and oxygen atoms in total. The molecule has 11 heteroatoms. The van der Waals surface area contributed by atoms with E-state index in [1.807, 2.05) is 9.80 Å². The third-order valence-electron chi connectivity index (χ3n) is 6.84. The minimum Gasteiger partial charge on any atom is -0.493 e. The molecule has 4 rings (SSSR count). The van der Waals surface area contributed by atoms with Gasteiger partial charge in [-0.05, 0) is 61.8 Å². The number of non-ortho nitro benzene ring substituents is 2. The largest absolute Gasteiger partial charge is 0.493 e. The maximum atomic E-state index is 13.0. The summed E-state index contributed by atoms with van der Waals surface area (Å²) in [6.07, 6.45) is 3.44. The zero-order chi connectivity index (χ0) is 25.5. The van der Waals surface area contributed by atoms with E-state index in [9.17, 15) is 25.0 Å². The van der Waals surface area contributed by atoms with Gasteiger partial charge in [-0.25, -0.2) is 4.79 Å². The highest BCUT2D eigenvalue weighted by molar-refractivity contribution is 5.74. The van der Waals surface area contributed by atoms with E-state index in [4.69, 9.17) is 9.47 Å². The number of benzene rings is 2. The van der Waals surface area contributed by atoms with Crippen molar-refractivity contribution in [3.8, 4) is 11.5 Å². The molecule has 0 atom stereocenters. The lowest BCUT2D eigenvalue weighted by Gasteiger charge is -2.38. The first-order valence-electron chi connectivity index (χ1n) is 12.2. The Labute approximate surface area is 208 Å². The molecular formula is C25H30N4O7. The summed E-state index contributed by atoms with van der Waals surface area (Å²) >= 11 is 0. The summed E-state index contributed by atoms with van der Waals surface area (Å²) < 4.78 is 11.6. The molecule has 2 aromatic rings. The first-order chi connectivity index (χ1) is 17.4. The van der Waals surface area contributed by atoms with Crippen LogP contribution in [0, 0.1) is 32.1 Å². The quantitative estimate of drug-likeness (QED) is 0.387. The highest BCUT2D eigenvalue weighted by Crippen LogP contribution is 2.25. The molecule has 36 heavy (non-hydrogen) atoms. The van der Waals surface area contributed by atoms with E-state index < -0.39 is 9.85 Å². The number of likely N-dealkylation sites (tertiary alicyclic amines) is 2. The van der Waals surface area contributed by atoms with E-state index in [-0.39, 0.29) is 17.4 Å². The third kappa shape index (κ3) is 6.61. The summed E-state index contributed by atoms with van der Waals surface area (Å²) in [4.78, 5) is 37.4. The van der Waals surface area contributed by atoms with E-state index in [1.165, 1.54) is 24.3 Å². The number of urea groups is 1. The first-order valence-corrected chi connectivity index (χ1v) is 12.2. The van der Waals surface area contributed by atoms with E-state index in [1.54, 1.807) is 24.3 Å². The fourth-order valence-corrected chi connectivity index (χ4v) is 4.54. The van der Waals surface area contributed by atoms with E-state index >= 15 is 0 Å². The lowest BCUT2D eigenvalue weighted by molar-refractivity contribution is -0.385. The minimum absolute atomic E-state index is 0.0372. The number of amides is 2. The Morgan fingerprint density at radius 1 is 0.694 bits per heavy atom. The molecule has 2 amide bonds. The molecule has 2 aromatic carbocycles. The zero-order valence-corrected chi connectivity index (χ0v) is 20.0. The van der Waals surface area contributed by atoms with Gasteiger partial charge in [0.25, 0.3) is 11.4 Å². The molecule has 0 aliphatic carbocycles. The molecule has 2 aliphatic heterocycles. The number of nitro groups is 2. The van der Waals surface area contributed by atoms with Crippen molar-refractivity contribution in [2.24, 2.45) is 11.8 Å². The van der Waals surface area contributed by atoms with Crippen LogP contribution < -0.4 is 9.47 Å². The number of hydrogen-bond acceptors (Lipinski definition) is 7. The standard InChI is InChI=1S/C25H30N4O7/c30-25(26-13-9-19(10-14-26)17-35-23-5-1-21(2-6-23)28(31)32)27-15-11-20(12-16-27)18-36-24-7-3-22(4-8-24)29(33)34/h1-8,19-20H,9-18H2. The molecule has 2 aliphatic rings. The average molecular weight is 499 g/mol. The van der Waals surface area contributed by atoms with Gasteiger partial charge in [-0.15, -0.1) is 0 Å². The summed E-state index contributed by atoms with van der Waals surface area (Å²) in [6.45, 7) is 3.82. The number of carbonyl (C=O) groups excluding carboxylic acids is 1. The lowest BCUT2D eigenvalue weighted by atomic mass is 9.96. The van der Waals surface area contributed by atoms with Gasteiger partial charge >= 0.3 is 6.03 Å². The second-order valence-electron chi connectivity index (χ2n) is 9.27. The van der Waals surface area contributed by atoms with Gasteiger partial charge in [0.15, 0.2) is 0 Å². The third-order valence-corrected chi connectivity index (χ3v) is 6.84. The molecular weight excluding hydrogens is 468 g/mol. The molecule has 0 aromatic heterocycles. The van der Waals surface area contributed by atoms with Crippen LogP contribution in [0.1, 0.15) is 25.7 Å². The molecule has 0 spiro atoms. The molecule has 192 valence electrons. The van der Waals surface area contributed by atoms with Crippen LogP contribution in [-0.2, 0) is 0 Å². The summed E-state index contributed by atoms with van der Waals surface area (Å²) in [6, 6.07) is 12.2. The highest BCUT2D eigenvalue weighted by Gasteiger charge is 2.29. The summed E-state index contributed by atoms with van der Waals surface area (Å²) in [5.74, 6) is 1.90. The van der Waals surface area contributed by atoms with Crippen LogP contribution >= 0.6 is 0 Å². The number of ether oxygens (including phenoxy) is 2. The number of rotatable bonds is 8. The van der Waals surface area contributed by atoms with Crippen molar-refractivity contribution in [3.63, 3.8) is 0 Å². The fraction of sp³-hybridized carbons (Fsp3) is 0.480. The van der Waals surface area contributed by atoms with Gasteiger partial charge in [-0.1, -0.05) is 0 Å². The summed E-state index contributed by atoms with van der Waals surface area (Å²) in [5.41, 5.74) is 0.0745. The second-order valence-corrected chi connectivity index (χ2v) is 9.27. The Morgan fingerprint density at radius 3 is 1.33 bits per heavy atom. The van der Waals surface area contributed by atoms with Crippen LogP contribution in [0.5, 0.6) is 11.5 Å². The fourth-order valence-electron chi connectivity index (χ4n) is 4.54. The molecule has 2 saturated heterocycles. The monoisotopic (exact) mass is 498 g/mol. The number of carbonyl (C=O) groups is 1. The van der Waals surface area contributed by atoms with Gasteiger partial charge in [-0.2, -0.15) is 0 Å². The predicted molar refractivity (Wildman–Crippen MR) is 131 cm³/mol. The molecule has 0 radical (unpaired) electrons. The van der Waals surface area contributed by atoms with Crippen molar-refractivity contribution in [1.82, 2.24) is 9.80 Å². The SMILES string of the molecule is O=C(N1CCC(COc2ccc([N+](=O)[O-])cc2)CC1)N1CCC(COc2ccc([N+](=O)[O-])cc2)CC1. The van der Waals surface area contributed by atoms with Crippen molar-refractivity contribution in [2.45, 2.75) is 25.7 Å². The van der Waals surface area contributed by atoms with Gasteiger partial charge in [0, 0.05) is 50.4 Å². The number of nitrogens with zero attached hydrogens (tertiary/aromatic N) is 4. The normalized spacial score (nSPS) is 17.0. The molecule has 2 heterocycles. The highest BCUT2D eigenvalue weighted by atomic mass is 16.6. The maximum absolute atomic E-state index is 13.0. The van der Waals surface area contributed by atoms with Crippen LogP contribution in [0.2, 0.25) is 0 Å². The Bertz CT molecular complexity index is 962. The van der Waals surface area contributed by atoms with Gasteiger partial charge < -0.3 is 19.3 Å². The Kier molecular flexibility index (Phi) is 8.19. The van der Waals surface area contributed by atoms with Crippen LogP contribution in [-0.4, -0.2) is 65.1 Å². The van der Waals surface area contributed by atoms with Crippen LogP contribution in [0.4, 0.5) is 16.2 Å². The van der Waals surface area contributed by atoms with E-state index in [0.29, 0.717) is 62.7 Å². The average Bonchev–Trinajstić information content (AvgIpc) is 2.91. The molecule has 0 N–H and O–H groups in total. The van der Waals surface area contributed by atoms with Gasteiger partial charge in [0.05, 0.1) is 23.1 Å².